The zero-order valence-corrected chi connectivity index (χ0v) is 8.25. The van der Waals surface area contributed by atoms with Crippen molar-refractivity contribution in [2.24, 2.45) is 0 Å². The highest BCUT2D eigenvalue weighted by atomic mass is 16.5. The van der Waals surface area contributed by atoms with E-state index < -0.39 is 0 Å². The van der Waals surface area contributed by atoms with Crippen molar-refractivity contribution >= 4 is 6.29 Å². The Bertz CT molecular complexity index is 460. The lowest BCUT2D eigenvalue weighted by molar-refractivity contribution is 0.111. The summed E-state index contributed by atoms with van der Waals surface area (Å²) in [5.74, 6) is 1.50. The maximum Gasteiger partial charge on any atom is 0.226 e. The van der Waals surface area contributed by atoms with E-state index >= 15 is 0 Å². The second-order valence-electron chi connectivity index (χ2n) is 2.99. The van der Waals surface area contributed by atoms with Crippen molar-refractivity contribution in [1.29, 1.82) is 0 Å². The molecule has 0 radical (unpaired) electrons. The summed E-state index contributed by atoms with van der Waals surface area (Å²) in [6.45, 7) is 2.34. The predicted molar refractivity (Wildman–Crippen MR) is 50.4 cm³/mol. The molecular weight excluding hydrogens is 196 g/mol. The van der Waals surface area contributed by atoms with E-state index in [2.05, 4.69) is 15.1 Å². The Balaban J connectivity index is 2.17. The molecule has 78 valence electrons. The number of carbonyl (C=O) groups is 1. The van der Waals surface area contributed by atoms with Gasteiger partial charge >= 0.3 is 0 Å². The lowest BCUT2D eigenvalue weighted by Gasteiger charge is -1.97. The number of imidazole rings is 1. The van der Waals surface area contributed by atoms with Crippen LogP contribution in [-0.4, -0.2) is 26.0 Å². The maximum absolute atomic E-state index is 10.6. The standard InChI is InChI=1S/C9H10N4O2/c1-2-9-11-7(12-15-9)5-13-4-3-10-8(13)6-14/h3-4,6H,2,5H2,1H3. The first-order chi connectivity index (χ1) is 7.33. The van der Waals surface area contributed by atoms with Crippen LogP contribution in [0.15, 0.2) is 16.9 Å². The van der Waals surface area contributed by atoms with Crippen LogP contribution in [0.1, 0.15) is 29.3 Å². The van der Waals surface area contributed by atoms with E-state index in [0.717, 1.165) is 0 Å². The topological polar surface area (TPSA) is 73.8 Å². The molecule has 6 nitrogen and oxygen atoms in total. The molecule has 0 atom stereocenters. The van der Waals surface area contributed by atoms with Gasteiger partial charge in [-0.2, -0.15) is 4.98 Å². The third kappa shape index (κ3) is 1.93. The molecule has 2 aromatic heterocycles. The number of aldehydes is 1. The lowest BCUT2D eigenvalue weighted by atomic mass is 10.5. The van der Waals surface area contributed by atoms with Gasteiger partial charge in [0.15, 0.2) is 17.9 Å². The minimum atomic E-state index is 0.359. The van der Waals surface area contributed by atoms with Crippen LogP contribution in [0.25, 0.3) is 0 Å². The number of aryl methyl sites for hydroxylation is 1. The number of rotatable bonds is 4. The molecular formula is C9H10N4O2. The molecule has 6 heteroatoms. The molecule has 0 aliphatic rings. The Hall–Kier alpha value is -1.98. The summed E-state index contributed by atoms with van der Waals surface area (Å²) < 4.78 is 6.62. The number of hydrogen-bond acceptors (Lipinski definition) is 5. The van der Waals surface area contributed by atoms with E-state index in [9.17, 15) is 4.79 Å². The molecule has 0 spiro atoms. The molecule has 0 fully saturated rings. The maximum atomic E-state index is 10.6. The average Bonchev–Trinajstić information content (AvgIpc) is 2.87. The van der Waals surface area contributed by atoms with Crippen molar-refractivity contribution in [3.05, 3.63) is 29.9 Å². The van der Waals surface area contributed by atoms with E-state index in [1.165, 1.54) is 0 Å². The van der Waals surface area contributed by atoms with Gasteiger partial charge in [0.1, 0.15) is 0 Å². The zero-order chi connectivity index (χ0) is 10.7. The number of nitrogens with zero attached hydrogens (tertiary/aromatic N) is 4. The van der Waals surface area contributed by atoms with E-state index in [1.807, 2.05) is 6.92 Å². The minimum Gasteiger partial charge on any atom is -0.339 e. The van der Waals surface area contributed by atoms with E-state index in [4.69, 9.17) is 4.52 Å². The highest BCUT2D eigenvalue weighted by Gasteiger charge is 2.07. The first-order valence-corrected chi connectivity index (χ1v) is 4.61. The summed E-state index contributed by atoms with van der Waals surface area (Å²) in [7, 11) is 0. The summed E-state index contributed by atoms with van der Waals surface area (Å²) in [6, 6.07) is 0. The van der Waals surface area contributed by atoms with Crippen molar-refractivity contribution in [1.82, 2.24) is 19.7 Å². The summed E-state index contributed by atoms with van der Waals surface area (Å²) in [4.78, 5) is 18.6. The molecule has 0 saturated heterocycles. The normalized spacial score (nSPS) is 10.5. The monoisotopic (exact) mass is 206 g/mol. The van der Waals surface area contributed by atoms with Crippen LogP contribution in [0.4, 0.5) is 0 Å². The van der Waals surface area contributed by atoms with Crippen LogP contribution in [0, 0.1) is 0 Å². The largest absolute Gasteiger partial charge is 0.339 e. The fraction of sp³-hybridized carbons (Fsp3) is 0.333. The second-order valence-corrected chi connectivity index (χ2v) is 2.99. The number of aromatic nitrogens is 4. The Morgan fingerprint density at radius 3 is 3.13 bits per heavy atom. The Morgan fingerprint density at radius 1 is 1.60 bits per heavy atom. The van der Waals surface area contributed by atoms with E-state index in [1.54, 1.807) is 17.0 Å². The Morgan fingerprint density at radius 2 is 2.47 bits per heavy atom. The van der Waals surface area contributed by atoms with Gasteiger partial charge in [-0.3, -0.25) is 4.79 Å². The van der Waals surface area contributed by atoms with Gasteiger partial charge in [0.25, 0.3) is 0 Å². The van der Waals surface area contributed by atoms with Gasteiger partial charge in [0.05, 0.1) is 6.54 Å². The van der Waals surface area contributed by atoms with Gasteiger partial charge < -0.3 is 9.09 Å². The van der Waals surface area contributed by atoms with Crippen molar-refractivity contribution < 1.29 is 9.32 Å². The van der Waals surface area contributed by atoms with Gasteiger partial charge in [0.2, 0.25) is 5.89 Å². The lowest BCUT2D eigenvalue weighted by Crippen LogP contribution is -2.04. The summed E-state index contributed by atoms with van der Waals surface area (Å²) >= 11 is 0. The molecule has 0 aliphatic carbocycles. The van der Waals surface area contributed by atoms with Crippen LogP contribution >= 0.6 is 0 Å². The summed E-state index contributed by atoms with van der Waals surface area (Å²) in [6.07, 6.45) is 4.66. The predicted octanol–water partition coefficient (Wildman–Crippen LogP) is 0.689. The van der Waals surface area contributed by atoms with Gasteiger partial charge in [-0.1, -0.05) is 12.1 Å². The fourth-order valence-corrected chi connectivity index (χ4v) is 1.22. The molecule has 2 heterocycles. The molecule has 2 aromatic rings. The molecule has 0 bridgehead atoms. The molecule has 0 unspecified atom stereocenters. The molecule has 0 aromatic carbocycles. The highest BCUT2D eigenvalue weighted by Crippen LogP contribution is 2.02. The van der Waals surface area contributed by atoms with Crippen molar-refractivity contribution in [3.63, 3.8) is 0 Å². The van der Waals surface area contributed by atoms with Crippen molar-refractivity contribution in [2.75, 3.05) is 0 Å². The first kappa shape index (κ1) is 9.57. The van der Waals surface area contributed by atoms with E-state index in [0.29, 0.717) is 36.8 Å². The SMILES string of the molecule is CCc1nc(Cn2ccnc2C=O)no1. The zero-order valence-electron chi connectivity index (χ0n) is 8.25. The molecule has 15 heavy (non-hydrogen) atoms. The van der Waals surface area contributed by atoms with Crippen LogP contribution in [0.3, 0.4) is 0 Å². The average molecular weight is 206 g/mol. The minimum absolute atomic E-state index is 0.359. The van der Waals surface area contributed by atoms with E-state index in [-0.39, 0.29) is 0 Å². The van der Waals surface area contributed by atoms with Gasteiger partial charge in [-0.25, -0.2) is 4.98 Å². The summed E-state index contributed by atoms with van der Waals surface area (Å²) in [5, 5.41) is 3.79. The molecule has 0 amide bonds. The number of carbonyl (C=O) groups excluding carboxylic acids is 1. The molecule has 0 N–H and O–H groups in total. The van der Waals surface area contributed by atoms with Gasteiger partial charge in [-0.15, -0.1) is 0 Å². The van der Waals surface area contributed by atoms with Crippen LogP contribution in [0.5, 0.6) is 0 Å². The van der Waals surface area contributed by atoms with Crippen LogP contribution in [0.2, 0.25) is 0 Å². The smallest absolute Gasteiger partial charge is 0.226 e. The summed E-state index contributed by atoms with van der Waals surface area (Å²) in [5.41, 5.74) is 0. The molecule has 0 saturated carbocycles. The highest BCUT2D eigenvalue weighted by molar-refractivity contribution is 5.69. The quantitative estimate of drug-likeness (QED) is 0.688. The van der Waals surface area contributed by atoms with Crippen molar-refractivity contribution in [3.8, 4) is 0 Å². The third-order valence-corrected chi connectivity index (χ3v) is 1.98. The number of hydrogen-bond donors (Lipinski definition) is 0. The molecule has 0 aliphatic heterocycles. The molecule has 2 rings (SSSR count). The first-order valence-electron chi connectivity index (χ1n) is 4.61. The van der Waals surface area contributed by atoms with Gasteiger partial charge in [-0.05, 0) is 0 Å². The third-order valence-electron chi connectivity index (χ3n) is 1.98. The van der Waals surface area contributed by atoms with Crippen LogP contribution in [-0.2, 0) is 13.0 Å². The van der Waals surface area contributed by atoms with Crippen LogP contribution < -0.4 is 0 Å². The Labute approximate surface area is 85.9 Å². The van der Waals surface area contributed by atoms with Gasteiger partial charge in [0, 0.05) is 18.8 Å². The Kier molecular flexibility index (Phi) is 2.57. The second kappa shape index (κ2) is 4.04. The fourth-order valence-electron chi connectivity index (χ4n) is 1.22. The van der Waals surface area contributed by atoms with Crippen molar-refractivity contribution in [2.45, 2.75) is 19.9 Å².